The second-order valence-electron chi connectivity index (χ2n) is 5.00. The van der Waals surface area contributed by atoms with E-state index in [0.717, 1.165) is 36.9 Å². The molecular formula is C15H21N3O. The van der Waals surface area contributed by atoms with Gasteiger partial charge in [-0.05, 0) is 44.1 Å². The molecule has 1 aromatic rings. The molecule has 0 saturated heterocycles. The van der Waals surface area contributed by atoms with E-state index in [-0.39, 0.29) is 6.10 Å². The van der Waals surface area contributed by atoms with E-state index >= 15 is 0 Å². The molecule has 0 N–H and O–H groups in total. The Morgan fingerprint density at radius 3 is 2.47 bits per heavy atom. The van der Waals surface area contributed by atoms with E-state index in [9.17, 15) is 5.26 Å². The highest BCUT2D eigenvalue weighted by atomic mass is 16.5. The molecule has 0 aromatic carbocycles. The van der Waals surface area contributed by atoms with Gasteiger partial charge in [-0.25, -0.2) is 0 Å². The summed E-state index contributed by atoms with van der Waals surface area (Å²) in [4.78, 5) is 0. The fourth-order valence-corrected chi connectivity index (χ4v) is 2.69. The Balaban J connectivity index is 2.27. The maximum atomic E-state index is 9.38. The van der Waals surface area contributed by atoms with Crippen LogP contribution in [0.3, 0.4) is 0 Å². The topological polar surface area (TPSA) is 58.8 Å². The van der Waals surface area contributed by atoms with Crippen molar-refractivity contribution < 1.29 is 4.74 Å². The SMILES string of the molecule is CCc1nnc(OC2CCCCC2)c(C#N)c1CC. The van der Waals surface area contributed by atoms with Gasteiger partial charge in [0.25, 0.3) is 5.88 Å². The van der Waals surface area contributed by atoms with E-state index in [1.54, 1.807) is 0 Å². The molecule has 1 aromatic heterocycles. The lowest BCUT2D eigenvalue weighted by Gasteiger charge is -2.23. The third kappa shape index (κ3) is 3.04. The van der Waals surface area contributed by atoms with Gasteiger partial charge in [0.1, 0.15) is 17.7 Å². The number of hydrogen-bond acceptors (Lipinski definition) is 4. The number of aromatic nitrogens is 2. The van der Waals surface area contributed by atoms with Crippen LogP contribution in [-0.2, 0) is 12.8 Å². The summed E-state index contributed by atoms with van der Waals surface area (Å²) in [5.74, 6) is 0.434. The number of aryl methyl sites for hydroxylation is 1. The largest absolute Gasteiger partial charge is 0.472 e. The summed E-state index contributed by atoms with van der Waals surface area (Å²) in [6, 6.07) is 2.25. The molecular weight excluding hydrogens is 238 g/mol. The number of ether oxygens (including phenoxy) is 1. The number of nitrogens with zero attached hydrogens (tertiary/aromatic N) is 3. The third-order valence-electron chi connectivity index (χ3n) is 3.76. The summed E-state index contributed by atoms with van der Waals surface area (Å²) in [5, 5.41) is 17.7. The summed E-state index contributed by atoms with van der Waals surface area (Å²) >= 11 is 0. The Hall–Kier alpha value is -1.63. The normalized spacial score (nSPS) is 16.1. The Bertz CT molecular complexity index is 473. The van der Waals surface area contributed by atoms with Gasteiger partial charge >= 0.3 is 0 Å². The first-order valence-electron chi connectivity index (χ1n) is 7.25. The van der Waals surface area contributed by atoms with E-state index < -0.39 is 0 Å². The van der Waals surface area contributed by atoms with Crippen molar-refractivity contribution in [3.8, 4) is 11.9 Å². The van der Waals surface area contributed by atoms with Gasteiger partial charge in [0.15, 0.2) is 0 Å². The van der Waals surface area contributed by atoms with Gasteiger partial charge in [-0.15, -0.1) is 5.10 Å². The zero-order valence-electron chi connectivity index (χ0n) is 11.8. The van der Waals surface area contributed by atoms with Gasteiger partial charge in [0.2, 0.25) is 0 Å². The first-order chi connectivity index (χ1) is 9.30. The van der Waals surface area contributed by atoms with Crippen LogP contribution in [0.5, 0.6) is 5.88 Å². The van der Waals surface area contributed by atoms with Crippen molar-refractivity contribution in [1.29, 1.82) is 5.26 Å². The fourth-order valence-electron chi connectivity index (χ4n) is 2.69. The Morgan fingerprint density at radius 1 is 1.16 bits per heavy atom. The molecule has 1 fully saturated rings. The van der Waals surface area contributed by atoms with Crippen LogP contribution < -0.4 is 4.74 Å². The first-order valence-corrected chi connectivity index (χ1v) is 7.25. The van der Waals surface area contributed by atoms with E-state index in [1.165, 1.54) is 19.3 Å². The molecule has 1 aliphatic carbocycles. The van der Waals surface area contributed by atoms with E-state index in [4.69, 9.17) is 4.74 Å². The first kappa shape index (κ1) is 13.8. The molecule has 0 unspecified atom stereocenters. The van der Waals surface area contributed by atoms with Crippen LogP contribution in [0.25, 0.3) is 0 Å². The van der Waals surface area contributed by atoms with Crippen molar-refractivity contribution >= 4 is 0 Å². The maximum Gasteiger partial charge on any atom is 0.252 e. The Morgan fingerprint density at radius 2 is 1.89 bits per heavy atom. The molecule has 0 aliphatic heterocycles. The molecule has 1 heterocycles. The van der Waals surface area contributed by atoms with Crippen molar-refractivity contribution in [2.75, 3.05) is 0 Å². The summed E-state index contributed by atoms with van der Waals surface area (Å²) in [5.41, 5.74) is 2.49. The quantitative estimate of drug-likeness (QED) is 0.833. The van der Waals surface area contributed by atoms with Crippen LogP contribution in [0.15, 0.2) is 0 Å². The second kappa shape index (κ2) is 6.51. The minimum Gasteiger partial charge on any atom is -0.472 e. The molecule has 0 atom stereocenters. The lowest BCUT2D eigenvalue weighted by atomic mass is 9.97. The highest BCUT2D eigenvalue weighted by molar-refractivity contribution is 5.46. The maximum absolute atomic E-state index is 9.38. The van der Waals surface area contributed by atoms with Crippen LogP contribution in [0.4, 0.5) is 0 Å². The molecule has 102 valence electrons. The zero-order valence-corrected chi connectivity index (χ0v) is 11.8. The predicted molar refractivity (Wildman–Crippen MR) is 73.0 cm³/mol. The number of hydrogen-bond donors (Lipinski definition) is 0. The average molecular weight is 259 g/mol. The van der Waals surface area contributed by atoms with Gasteiger partial charge in [-0.2, -0.15) is 10.4 Å². The average Bonchev–Trinajstić information content (AvgIpc) is 2.47. The van der Waals surface area contributed by atoms with Crippen LogP contribution in [0.1, 0.15) is 62.8 Å². The zero-order chi connectivity index (χ0) is 13.7. The third-order valence-corrected chi connectivity index (χ3v) is 3.76. The summed E-state index contributed by atoms with van der Waals surface area (Å²) in [6.07, 6.45) is 7.60. The van der Waals surface area contributed by atoms with E-state index in [2.05, 4.69) is 16.3 Å². The second-order valence-corrected chi connectivity index (χ2v) is 5.00. The molecule has 0 amide bonds. The molecule has 0 bridgehead atoms. The van der Waals surface area contributed by atoms with Crippen LogP contribution >= 0.6 is 0 Å². The van der Waals surface area contributed by atoms with Gasteiger partial charge in [0.05, 0.1) is 5.69 Å². The molecule has 4 heteroatoms. The Labute approximate surface area is 114 Å². The van der Waals surface area contributed by atoms with Crippen molar-refractivity contribution in [3.05, 3.63) is 16.8 Å². The van der Waals surface area contributed by atoms with E-state index in [1.807, 2.05) is 13.8 Å². The van der Waals surface area contributed by atoms with E-state index in [0.29, 0.717) is 11.4 Å². The van der Waals surface area contributed by atoms with Gasteiger partial charge in [-0.3, -0.25) is 0 Å². The molecule has 0 spiro atoms. The molecule has 19 heavy (non-hydrogen) atoms. The summed E-state index contributed by atoms with van der Waals surface area (Å²) in [7, 11) is 0. The molecule has 2 rings (SSSR count). The van der Waals surface area contributed by atoms with Gasteiger partial charge in [-0.1, -0.05) is 20.3 Å². The number of nitriles is 1. The molecule has 0 radical (unpaired) electrons. The van der Waals surface area contributed by atoms with Crippen molar-refractivity contribution in [3.63, 3.8) is 0 Å². The fraction of sp³-hybridized carbons (Fsp3) is 0.667. The van der Waals surface area contributed by atoms with Crippen molar-refractivity contribution in [1.82, 2.24) is 10.2 Å². The highest BCUT2D eigenvalue weighted by Crippen LogP contribution is 2.26. The number of rotatable bonds is 4. The summed E-state index contributed by atoms with van der Waals surface area (Å²) < 4.78 is 5.92. The lowest BCUT2D eigenvalue weighted by Crippen LogP contribution is -2.21. The molecule has 4 nitrogen and oxygen atoms in total. The smallest absolute Gasteiger partial charge is 0.252 e. The van der Waals surface area contributed by atoms with Gasteiger partial charge in [0, 0.05) is 0 Å². The highest BCUT2D eigenvalue weighted by Gasteiger charge is 2.20. The molecule has 1 aliphatic rings. The van der Waals surface area contributed by atoms with Crippen LogP contribution in [0, 0.1) is 11.3 Å². The monoisotopic (exact) mass is 259 g/mol. The van der Waals surface area contributed by atoms with Crippen LogP contribution in [0.2, 0.25) is 0 Å². The van der Waals surface area contributed by atoms with Crippen molar-refractivity contribution in [2.24, 2.45) is 0 Å². The standard InChI is InChI=1S/C15H21N3O/c1-3-12-13(10-16)15(18-17-14(12)4-2)19-11-8-6-5-7-9-11/h11H,3-9H2,1-2H3. The minimum absolute atomic E-state index is 0.201. The predicted octanol–water partition coefficient (Wildman–Crippen LogP) is 3.18. The van der Waals surface area contributed by atoms with Gasteiger partial charge < -0.3 is 4.74 Å². The van der Waals surface area contributed by atoms with Crippen molar-refractivity contribution in [2.45, 2.75) is 64.9 Å². The minimum atomic E-state index is 0.201. The van der Waals surface area contributed by atoms with Crippen LogP contribution in [-0.4, -0.2) is 16.3 Å². The molecule has 1 saturated carbocycles. The lowest BCUT2D eigenvalue weighted by molar-refractivity contribution is 0.146. The Kier molecular flexibility index (Phi) is 4.73. The summed E-state index contributed by atoms with van der Waals surface area (Å²) in [6.45, 7) is 4.08.